The van der Waals surface area contributed by atoms with Crippen molar-refractivity contribution in [2.45, 2.75) is 46.6 Å². The van der Waals surface area contributed by atoms with Crippen LogP contribution < -0.4 is 10.1 Å². The van der Waals surface area contributed by atoms with E-state index in [2.05, 4.69) is 38.2 Å². The third-order valence-electron chi connectivity index (χ3n) is 2.74. The van der Waals surface area contributed by atoms with Crippen LogP contribution in [0.15, 0.2) is 24.3 Å². The van der Waals surface area contributed by atoms with E-state index in [1.165, 1.54) is 12.8 Å². The second-order valence-corrected chi connectivity index (χ2v) is 4.98. The Morgan fingerprint density at radius 2 is 1.94 bits per heavy atom. The van der Waals surface area contributed by atoms with Gasteiger partial charge in [-0.1, -0.05) is 19.9 Å². The molecular weight excluding hydrogens is 210 g/mol. The molecule has 1 rings (SSSR count). The lowest BCUT2D eigenvalue weighted by Crippen LogP contribution is -2.15. The number of ether oxygens (including phenoxy) is 1. The van der Waals surface area contributed by atoms with E-state index in [0.717, 1.165) is 17.4 Å². The molecule has 1 unspecified atom stereocenters. The summed E-state index contributed by atoms with van der Waals surface area (Å²) in [6, 6.07) is 8.69. The number of rotatable bonds is 7. The Hall–Kier alpha value is -1.18. The smallest absolute Gasteiger partial charge is 0.121 e. The molecule has 17 heavy (non-hydrogen) atoms. The van der Waals surface area contributed by atoms with E-state index in [1.54, 1.807) is 0 Å². The zero-order chi connectivity index (χ0) is 12.7. The summed E-state index contributed by atoms with van der Waals surface area (Å²) in [6.07, 6.45) is 2.47. The van der Waals surface area contributed by atoms with E-state index in [4.69, 9.17) is 4.74 Å². The number of hydrogen-bond acceptors (Lipinski definition) is 2. The lowest BCUT2D eigenvalue weighted by molar-refractivity contribution is 0.340. The summed E-state index contributed by atoms with van der Waals surface area (Å²) >= 11 is 0. The van der Waals surface area contributed by atoms with Crippen molar-refractivity contribution in [3.63, 3.8) is 0 Å². The van der Waals surface area contributed by atoms with Gasteiger partial charge in [-0.2, -0.15) is 0 Å². The molecule has 0 bridgehead atoms. The van der Waals surface area contributed by atoms with E-state index in [1.807, 2.05) is 19.1 Å². The standard InChI is InChI=1S/C15H25NO/c1-5-17-15-8-6-7-14(11-15)16-13(4)10-9-12(2)3/h6-8,11-13,16H,5,9-10H2,1-4H3. The molecule has 2 nitrogen and oxygen atoms in total. The van der Waals surface area contributed by atoms with Crippen molar-refractivity contribution in [1.29, 1.82) is 0 Å². The maximum Gasteiger partial charge on any atom is 0.121 e. The van der Waals surface area contributed by atoms with Gasteiger partial charge in [-0.15, -0.1) is 0 Å². The van der Waals surface area contributed by atoms with Crippen LogP contribution in [0.3, 0.4) is 0 Å². The Kier molecular flexibility index (Phi) is 5.88. The summed E-state index contributed by atoms with van der Waals surface area (Å²) in [5.74, 6) is 1.71. The van der Waals surface area contributed by atoms with E-state index >= 15 is 0 Å². The van der Waals surface area contributed by atoms with Gasteiger partial charge in [-0.3, -0.25) is 0 Å². The zero-order valence-corrected chi connectivity index (χ0v) is 11.5. The minimum atomic E-state index is 0.509. The number of benzene rings is 1. The van der Waals surface area contributed by atoms with Gasteiger partial charge in [0.25, 0.3) is 0 Å². The summed E-state index contributed by atoms with van der Waals surface area (Å²) in [6.45, 7) is 9.48. The van der Waals surface area contributed by atoms with Crippen LogP contribution in [0.5, 0.6) is 5.75 Å². The van der Waals surface area contributed by atoms with Crippen LogP contribution in [0.25, 0.3) is 0 Å². The van der Waals surface area contributed by atoms with Gasteiger partial charge in [0.05, 0.1) is 6.61 Å². The molecule has 1 aromatic carbocycles. The summed E-state index contributed by atoms with van der Waals surface area (Å²) in [7, 11) is 0. The van der Waals surface area contributed by atoms with Crippen LogP contribution in [-0.2, 0) is 0 Å². The highest BCUT2D eigenvalue weighted by Gasteiger charge is 2.04. The molecular formula is C15H25NO. The summed E-state index contributed by atoms with van der Waals surface area (Å²) < 4.78 is 5.49. The molecule has 0 aliphatic carbocycles. The van der Waals surface area contributed by atoms with Crippen LogP contribution >= 0.6 is 0 Å². The molecule has 0 aliphatic heterocycles. The van der Waals surface area contributed by atoms with Crippen molar-refractivity contribution in [2.24, 2.45) is 5.92 Å². The average Bonchev–Trinajstić information content (AvgIpc) is 2.27. The van der Waals surface area contributed by atoms with Crippen molar-refractivity contribution in [3.05, 3.63) is 24.3 Å². The number of hydrogen-bond donors (Lipinski definition) is 1. The van der Waals surface area contributed by atoms with Gasteiger partial charge in [-0.05, 0) is 44.7 Å². The monoisotopic (exact) mass is 235 g/mol. The predicted octanol–water partition coefficient (Wildman–Crippen LogP) is 4.32. The van der Waals surface area contributed by atoms with Crippen LogP contribution in [0, 0.1) is 5.92 Å². The van der Waals surface area contributed by atoms with Crippen molar-refractivity contribution < 1.29 is 4.74 Å². The highest BCUT2D eigenvalue weighted by atomic mass is 16.5. The molecule has 96 valence electrons. The molecule has 0 heterocycles. The minimum absolute atomic E-state index is 0.509. The van der Waals surface area contributed by atoms with Gasteiger partial charge in [0.2, 0.25) is 0 Å². The van der Waals surface area contributed by atoms with Crippen LogP contribution in [0.1, 0.15) is 40.5 Å². The molecule has 0 saturated carbocycles. The molecule has 0 fully saturated rings. The summed E-state index contributed by atoms with van der Waals surface area (Å²) in [4.78, 5) is 0. The molecule has 0 radical (unpaired) electrons. The van der Waals surface area contributed by atoms with Crippen molar-refractivity contribution in [2.75, 3.05) is 11.9 Å². The Morgan fingerprint density at radius 1 is 1.18 bits per heavy atom. The molecule has 1 aromatic rings. The fourth-order valence-corrected chi connectivity index (χ4v) is 1.78. The lowest BCUT2D eigenvalue weighted by Gasteiger charge is -2.17. The van der Waals surface area contributed by atoms with Gasteiger partial charge in [0.15, 0.2) is 0 Å². The second-order valence-electron chi connectivity index (χ2n) is 4.98. The Balaban J connectivity index is 2.46. The van der Waals surface area contributed by atoms with E-state index in [-0.39, 0.29) is 0 Å². The van der Waals surface area contributed by atoms with Gasteiger partial charge in [0.1, 0.15) is 5.75 Å². The van der Waals surface area contributed by atoms with Crippen molar-refractivity contribution >= 4 is 5.69 Å². The van der Waals surface area contributed by atoms with E-state index in [9.17, 15) is 0 Å². The normalized spacial score (nSPS) is 12.5. The molecule has 0 saturated heterocycles. The highest BCUT2D eigenvalue weighted by Crippen LogP contribution is 2.19. The van der Waals surface area contributed by atoms with Gasteiger partial charge >= 0.3 is 0 Å². The van der Waals surface area contributed by atoms with Crippen LogP contribution in [0.2, 0.25) is 0 Å². The maximum atomic E-state index is 5.49. The van der Waals surface area contributed by atoms with Gasteiger partial charge in [-0.25, -0.2) is 0 Å². The first kappa shape index (κ1) is 13.9. The summed E-state index contributed by atoms with van der Waals surface area (Å²) in [5, 5.41) is 3.52. The Morgan fingerprint density at radius 3 is 2.59 bits per heavy atom. The molecule has 2 heteroatoms. The first-order valence-corrected chi connectivity index (χ1v) is 6.61. The number of nitrogens with one attached hydrogen (secondary N) is 1. The topological polar surface area (TPSA) is 21.3 Å². The Bertz CT molecular complexity index is 322. The van der Waals surface area contributed by atoms with E-state index in [0.29, 0.717) is 12.6 Å². The second kappa shape index (κ2) is 7.21. The fraction of sp³-hybridized carbons (Fsp3) is 0.600. The third-order valence-corrected chi connectivity index (χ3v) is 2.74. The molecule has 0 amide bonds. The zero-order valence-electron chi connectivity index (χ0n) is 11.5. The molecule has 0 aromatic heterocycles. The number of anilines is 1. The van der Waals surface area contributed by atoms with Crippen molar-refractivity contribution in [1.82, 2.24) is 0 Å². The molecule has 1 atom stereocenters. The highest BCUT2D eigenvalue weighted by molar-refractivity contribution is 5.48. The maximum absolute atomic E-state index is 5.49. The SMILES string of the molecule is CCOc1cccc(NC(C)CCC(C)C)c1. The molecule has 1 N–H and O–H groups in total. The third kappa shape index (κ3) is 5.62. The predicted molar refractivity (Wildman–Crippen MR) is 74.8 cm³/mol. The lowest BCUT2D eigenvalue weighted by atomic mass is 10.0. The van der Waals surface area contributed by atoms with E-state index < -0.39 is 0 Å². The molecule has 0 aliphatic rings. The minimum Gasteiger partial charge on any atom is -0.494 e. The first-order valence-electron chi connectivity index (χ1n) is 6.61. The summed E-state index contributed by atoms with van der Waals surface area (Å²) in [5.41, 5.74) is 1.15. The Labute approximate surface area is 105 Å². The van der Waals surface area contributed by atoms with Crippen LogP contribution in [-0.4, -0.2) is 12.6 Å². The van der Waals surface area contributed by atoms with Crippen LogP contribution in [0.4, 0.5) is 5.69 Å². The first-order chi connectivity index (χ1) is 8.11. The largest absolute Gasteiger partial charge is 0.494 e. The van der Waals surface area contributed by atoms with Crippen molar-refractivity contribution in [3.8, 4) is 5.75 Å². The van der Waals surface area contributed by atoms with Gasteiger partial charge < -0.3 is 10.1 Å². The fourth-order valence-electron chi connectivity index (χ4n) is 1.78. The van der Waals surface area contributed by atoms with Gasteiger partial charge in [0, 0.05) is 17.8 Å². The molecule has 0 spiro atoms. The average molecular weight is 235 g/mol. The quantitative estimate of drug-likeness (QED) is 0.760.